The first-order chi connectivity index (χ1) is 12.2. The normalized spacial score (nSPS) is 11.6. The van der Waals surface area contributed by atoms with Crippen LogP contribution in [0.15, 0.2) is 42.5 Å². The summed E-state index contributed by atoms with van der Waals surface area (Å²) in [6, 6.07) is 11.6. The maximum Gasteiger partial charge on any atom is 0.254 e. The first-order valence-corrected chi connectivity index (χ1v) is 8.47. The fourth-order valence-corrected chi connectivity index (χ4v) is 2.62. The average Bonchev–Trinajstić information content (AvgIpc) is 2.61. The van der Waals surface area contributed by atoms with Gasteiger partial charge >= 0.3 is 0 Å². The monoisotopic (exact) mass is 352 g/mol. The second kappa shape index (κ2) is 7.95. The minimum atomic E-state index is -0.603. The second-order valence-corrected chi connectivity index (χ2v) is 6.52. The van der Waals surface area contributed by atoms with Gasteiger partial charge in [0.2, 0.25) is 5.91 Å². The van der Waals surface area contributed by atoms with E-state index in [-0.39, 0.29) is 17.6 Å². The number of likely N-dealkylation sites (N-methyl/N-ethyl adjacent to an activating group) is 1. The summed E-state index contributed by atoms with van der Waals surface area (Å²) in [4.78, 5) is 38.1. The second-order valence-electron chi connectivity index (χ2n) is 6.52. The maximum absolute atomic E-state index is 12.7. The Bertz CT molecular complexity index is 858. The van der Waals surface area contributed by atoms with Crippen molar-refractivity contribution >= 4 is 23.3 Å². The van der Waals surface area contributed by atoms with Gasteiger partial charge < -0.3 is 10.2 Å². The van der Waals surface area contributed by atoms with E-state index in [0.717, 1.165) is 11.1 Å². The van der Waals surface area contributed by atoms with Crippen molar-refractivity contribution in [2.45, 2.75) is 33.7 Å². The molecular weight excluding hydrogens is 328 g/mol. The van der Waals surface area contributed by atoms with Gasteiger partial charge in [-0.1, -0.05) is 18.2 Å². The fraction of sp³-hybridized carbons (Fsp3) is 0.286. The van der Waals surface area contributed by atoms with Gasteiger partial charge in [0.25, 0.3) is 5.91 Å². The number of amides is 2. The molecule has 0 bridgehead atoms. The number of anilines is 1. The number of nitrogens with one attached hydrogen (secondary N) is 1. The number of Topliss-reactive ketones (excluding diaryl/α,β-unsaturated/α-hetero) is 1. The largest absolute Gasteiger partial charge is 0.332 e. The molecule has 0 aliphatic rings. The van der Waals surface area contributed by atoms with Gasteiger partial charge in [-0.15, -0.1) is 0 Å². The molecule has 1 atom stereocenters. The number of ketones is 1. The third-order valence-electron chi connectivity index (χ3n) is 4.50. The van der Waals surface area contributed by atoms with E-state index in [2.05, 4.69) is 5.32 Å². The molecule has 5 nitrogen and oxygen atoms in total. The van der Waals surface area contributed by atoms with E-state index in [9.17, 15) is 14.4 Å². The molecule has 26 heavy (non-hydrogen) atoms. The minimum Gasteiger partial charge on any atom is -0.332 e. The number of hydrogen-bond donors (Lipinski definition) is 1. The smallest absolute Gasteiger partial charge is 0.254 e. The maximum atomic E-state index is 12.7. The number of nitrogens with zero attached hydrogens (tertiary/aromatic N) is 1. The summed E-state index contributed by atoms with van der Waals surface area (Å²) in [5, 5.41) is 2.65. The third-order valence-corrected chi connectivity index (χ3v) is 4.50. The van der Waals surface area contributed by atoms with E-state index in [4.69, 9.17) is 0 Å². The summed E-state index contributed by atoms with van der Waals surface area (Å²) in [5.74, 6) is -0.593. The molecule has 0 saturated heterocycles. The number of aryl methyl sites for hydroxylation is 2. The third kappa shape index (κ3) is 4.36. The summed E-state index contributed by atoms with van der Waals surface area (Å²) in [6.07, 6.45) is 0. The molecule has 2 amide bonds. The van der Waals surface area contributed by atoms with Crippen molar-refractivity contribution in [3.05, 3.63) is 64.7 Å². The van der Waals surface area contributed by atoms with Crippen LogP contribution >= 0.6 is 0 Å². The minimum absolute atomic E-state index is 0.109. The van der Waals surface area contributed by atoms with Crippen LogP contribution in [0.3, 0.4) is 0 Å². The van der Waals surface area contributed by atoms with Crippen LogP contribution in [0.4, 0.5) is 5.69 Å². The molecule has 5 heteroatoms. The Labute approximate surface area is 154 Å². The van der Waals surface area contributed by atoms with Crippen molar-refractivity contribution in [3.63, 3.8) is 0 Å². The molecule has 0 heterocycles. The van der Waals surface area contributed by atoms with Crippen LogP contribution < -0.4 is 5.32 Å². The molecule has 0 aromatic heterocycles. The fourth-order valence-electron chi connectivity index (χ4n) is 2.62. The van der Waals surface area contributed by atoms with Gasteiger partial charge in [-0.3, -0.25) is 14.4 Å². The molecule has 1 N–H and O–H groups in total. The van der Waals surface area contributed by atoms with Crippen LogP contribution in [0.25, 0.3) is 0 Å². The number of rotatable bonds is 5. The summed E-state index contributed by atoms with van der Waals surface area (Å²) in [7, 11) is 1.61. The Hall–Kier alpha value is -2.95. The van der Waals surface area contributed by atoms with Crippen molar-refractivity contribution in [3.8, 4) is 0 Å². The zero-order chi connectivity index (χ0) is 19.4. The first kappa shape index (κ1) is 19.4. The SMILES string of the molecule is CC(=O)Nc1cccc(C(=O)N(C)C(C)C(=O)c2ccc(C)c(C)c2)c1. The molecule has 2 aromatic rings. The number of carbonyl (C=O) groups excluding carboxylic acids is 3. The summed E-state index contributed by atoms with van der Waals surface area (Å²) >= 11 is 0. The van der Waals surface area contributed by atoms with E-state index in [0.29, 0.717) is 16.8 Å². The van der Waals surface area contributed by atoms with Crippen molar-refractivity contribution in [2.24, 2.45) is 0 Å². The van der Waals surface area contributed by atoms with Gasteiger partial charge in [-0.05, 0) is 56.2 Å². The van der Waals surface area contributed by atoms with Crippen molar-refractivity contribution in [1.82, 2.24) is 4.90 Å². The van der Waals surface area contributed by atoms with Gasteiger partial charge in [0.05, 0.1) is 6.04 Å². The lowest BCUT2D eigenvalue weighted by molar-refractivity contribution is -0.114. The van der Waals surface area contributed by atoms with Crippen LogP contribution in [0.5, 0.6) is 0 Å². The highest BCUT2D eigenvalue weighted by molar-refractivity contribution is 6.04. The topological polar surface area (TPSA) is 66.5 Å². The van der Waals surface area contributed by atoms with Crippen molar-refractivity contribution < 1.29 is 14.4 Å². The zero-order valence-corrected chi connectivity index (χ0v) is 15.8. The molecule has 136 valence electrons. The van der Waals surface area contributed by atoms with E-state index >= 15 is 0 Å². The molecular formula is C21H24N2O3. The Kier molecular flexibility index (Phi) is 5.93. The van der Waals surface area contributed by atoms with Gasteiger partial charge in [0.15, 0.2) is 5.78 Å². The lowest BCUT2D eigenvalue weighted by atomic mass is 9.99. The summed E-state index contributed by atoms with van der Waals surface area (Å²) in [6.45, 7) is 7.07. The Morgan fingerprint density at radius 2 is 1.65 bits per heavy atom. The van der Waals surface area contributed by atoms with Crippen molar-refractivity contribution in [2.75, 3.05) is 12.4 Å². The van der Waals surface area contributed by atoms with Gasteiger partial charge in [-0.2, -0.15) is 0 Å². The summed E-state index contributed by atoms with van der Waals surface area (Å²) < 4.78 is 0. The molecule has 0 aliphatic heterocycles. The highest BCUT2D eigenvalue weighted by Crippen LogP contribution is 2.17. The summed E-state index contributed by atoms with van der Waals surface area (Å²) in [5.41, 5.74) is 3.71. The zero-order valence-electron chi connectivity index (χ0n) is 15.8. The Morgan fingerprint density at radius 3 is 2.27 bits per heavy atom. The van der Waals surface area contributed by atoms with Gasteiger partial charge in [0.1, 0.15) is 0 Å². The lowest BCUT2D eigenvalue weighted by Gasteiger charge is -2.24. The van der Waals surface area contributed by atoms with Crippen LogP contribution in [0.2, 0.25) is 0 Å². The highest BCUT2D eigenvalue weighted by atomic mass is 16.2. The molecule has 0 spiro atoms. The standard InChI is InChI=1S/C21H24N2O3/c1-13-9-10-17(11-14(13)2)20(25)15(3)23(5)21(26)18-7-6-8-19(12-18)22-16(4)24/h6-12,15H,1-5H3,(H,22,24). The number of hydrogen-bond acceptors (Lipinski definition) is 3. The predicted molar refractivity (Wildman–Crippen MR) is 103 cm³/mol. The number of carbonyl (C=O) groups is 3. The van der Waals surface area contributed by atoms with Gasteiger partial charge in [-0.25, -0.2) is 0 Å². The van der Waals surface area contributed by atoms with Gasteiger partial charge in [0, 0.05) is 30.8 Å². The average molecular weight is 352 g/mol. The van der Waals surface area contributed by atoms with Crippen LogP contribution in [-0.4, -0.2) is 35.6 Å². The van der Waals surface area contributed by atoms with E-state index in [1.165, 1.54) is 11.8 Å². The molecule has 0 radical (unpaired) electrons. The molecule has 1 unspecified atom stereocenters. The molecule has 2 aromatic carbocycles. The predicted octanol–water partition coefficient (Wildman–Crippen LogP) is 3.61. The molecule has 0 fully saturated rings. The molecule has 0 aliphatic carbocycles. The Morgan fingerprint density at radius 1 is 0.962 bits per heavy atom. The quantitative estimate of drug-likeness (QED) is 0.836. The van der Waals surface area contributed by atoms with Crippen LogP contribution in [0.1, 0.15) is 45.7 Å². The van der Waals surface area contributed by atoms with E-state index < -0.39 is 6.04 Å². The molecule has 0 saturated carbocycles. The highest BCUT2D eigenvalue weighted by Gasteiger charge is 2.24. The first-order valence-electron chi connectivity index (χ1n) is 8.47. The van der Waals surface area contributed by atoms with Crippen LogP contribution in [-0.2, 0) is 4.79 Å². The lowest BCUT2D eigenvalue weighted by Crippen LogP contribution is -2.40. The number of benzene rings is 2. The van der Waals surface area contributed by atoms with E-state index in [1.54, 1.807) is 44.3 Å². The van der Waals surface area contributed by atoms with Crippen molar-refractivity contribution in [1.29, 1.82) is 0 Å². The molecule has 2 rings (SSSR count). The van der Waals surface area contributed by atoms with Crippen LogP contribution in [0, 0.1) is 13.8 Å². The Balaban J connectivity index is 2.19. The van der Waals surface area contributed by atoms with E-state index in [1.807, 2.05) is 26.0 Å².